The van der Waals surface area contributed by atoms with Crippen LogP contribution in [0.1, 0.15) is 23.6 Å². The van der Waals surface area contributed by atoms with Crippen LogP contribution in [-0.4, -0.2) is 18.4 Å². The molecule has 3 aromatic carbocycles. The van der Waals surface area contributed by atoms with E-state index in [1.165, 1.54) is 10.6 Å². The lowest BCUT2D eigenvalue weighted by Crippen LogP contribution is -2.35. The Kier molecular flexibility index (Phi) is 6.98. The number of nitrogens with one attached hydrogen (secondary N) is 1. The number of benzene rings is 3. The zero-order valence-electron chi connectivity index (χ0n) is 18.3. The number of carbonyl (C=O) groups excluding carboxylic acids is 2. The van der Waals surface area contributed by atoms with Crippen molar-refractivity contribution < 1.29 is 19.1 Å². The average molecular weight is 554 g/mol. The van der Waals surface area contributed by atoms with E-state index in [-0.39, 0.29) is 5.57 Å². The molecule has 0 radical (unpaired) electrons. The number of halogens is 1. The predicted molar refractivity (Wildman–Crippen MR) is 136 cm³/mol. The van der Waals surface area contributed by atoms with Crippen LogP contribution in [0.2, 0.25) is 0 Å². The highest BCUT2D eigenvalue weighted by Gasteiger charge is 2.34. The lowest BCUT2D eigenvalue weighted by atomic mass is 10.1. The Bertz CT molecular complexity index is 1210. The van der Waals surface area contributed by atoms with Crippen LogP contribution >= 0.6 is 22.6 Å². The van der Waals surface area contributed by atoms with Gasteiger partial charge in [0.1, 0.15) is 12.2 Å². The molecule has 0 spiro atoms. The topological polar surface area (TPSA) is 67.9 Å². The first-order valence-corrected chi connectivity index (χ1v) is 11.6. The van der Waals surface area contributed by atoms with E-state index in [0.29, 0.717) is 36.0 Å². The highest BCUT2D eigenvalue weighted by Crippen LogP contribution is 2.36. The molecule has 33 heavy (non-hydrogen) atoms. The Morgan fingerprint density at radius 3 is 2.42 bits per heavy atom. The molecular weight excluding hydrogens is 531 g/mol. The Morgan fingerprint density at radius 1 is 1.00 bits per heavy atom. The fraction of sp³-hybridized carbons (Fsp3) is 0.154. The molecule has 7 heteroatoms. The van der Waals surface area contributed by atoms with Crippen LogP contribution in [0.25, 0.3) is 6.08 Å². The van der Waals surface area contributed by atoms with Gasteiger partial charge in [0.15, 0.2) is 11.5 Å². The summed E-state index contributed by atoms with van der Waals surface area (Å²) in [5.41, 5.74) is 6.20. The zero-order valence-corrected chi connectivity index (χ0v) is 20.5. The average Bonchev–Trinajstić information content (AvgIpc) is 3.09. The van der Waals surface area contributed by atoms with Crippen molar-refractivity contribution in [3.63, 3.8) is 0 Å². The van der Waals surface area contributed by atoms with Crippen LogP contribution in [0.4, 0.5) is 5.69 Å². The van der Waals surface area contributed by atoms with Crippen LogP contribution in [-0.2, 0) is 16.2 Å². The largest absolute Gasteiger partial charge is 0.490 e. The van der Waals surface area contributed by atoms with Gasteiger partial charge in [-0.2, -0.15) is 0 Å². The van der Waals surface area contributed by atoms with Crippen molar-refractivity contribution in [2.45, 2.75) is 20.5 Å². The van der Waals surface area contributed by atoms with Crippen LogP contribution in [0.5, 0.6) is 11.5 Å². The number of hydrogen-bond donors (Lipinski definition) is 1. The third-order valence-corrected chi connectivity index (χ3v) is 5.85. The number of hydrogen-bond acceptors (Lipinski definition) is 4. The van der Waals surface area contributed by atoms with Crippen LogP contribution < -0.4 is 19.9 Å². The van der Waals surface area contributed by atoms with E-state index in [2.05, 4.69) is 28.0 Å². The monoisotopic (exact) mass is 554 g/mol. The molecule has 6 nitrogen and oxygen atoms in total. The van der Waals surface area contributed by atoms with E-state index in [1.807, 2.05) is 62.4 Å². The van der Waals surface area contributed by atoms with Crippen molar-refractivity contribution in [3.05, 3.63) is 92.6 Å². The lowest BCUT2D eigenvalue weighted by molar-refractivity contribution is -0.117. The summed E-state index contributed by atoms with van der Waals surface area (Å²) < 4.78 is 12.7. The molecule has 3 aromatic rings. The molecular formula is C26H23IN2O4. The van der Waals surface area contributed by atoms with E-state index in [0.717, 1.165) is 9.13 Å². The van der Waals surface area contributed by atoms with E-state index in [1.54, 1.807) is 24.3 Å². The lowest BCUT2D eigenvalue weighted by Gasteiger charge is -2.15. The van der Waals surface area contributed by atoms with Crippen molar-refractivity contribution in [2.75, 3.05) is 11.6 Å². The molecule has 0 unspecified atom stereocenters. The van der Waals surface area contributed by atoms with Gasteiger partial charge in [-0.15, -0.1) is 0 Å². The van der Waals surface area contributed by atoms with Crippen LogP contribution in [0.15, 0.2) is 72.3 Å². The molecule has 1 heterocycles. The van der Waals surface area contributed by atoms with E-state index in [4.69, 9.17) is 9.47 Å². The maximum atomic E-state index is 12.9. The molecule has 1 fully saturated rings. The van der Waals surface area contributed by atoms with Crippen molar-refractivity contribution in [1.29, 1.82) is 0 Å². The highest BCUT2D eigenvalue weighted by molar-refractivity contribution is 14.1. The second-order valence-corrected chi connectivity index (χ2v) is 8.67. The van der Waals surface area contributed by atoms with Gasteiger partial charge in [-0.05, 0) is 77.9 Å². The van der Waals surface area contributed by atoms with Crippen molar-refractivity contribution in [2.24, 2.45) is 0 Å². The number of para-hydroxylation sites is 1. The standard InChI is InChI=1S/C26H23IN2O4/c1-3-32-23-15-19(14-22(27)24(23)33-16-18-11-9-17(2)10-12-18)13-21-25(30)28-29(26(21)31)20-7-5-4-6-8-20/h4-15H,3,16H2,1-2H3,(H,28,30)/b21-13-. The fourth-order valence-electron chi connectivity index (χ4n) is 3.40. The molecule has 1 saturated heterocycles. The van der Waals surface area contributed by atoms with Crippen LogP contribution in [0, 0.1) is 10.5 Å². The summed E-state index contributed by atoms with van der Waals surface area (Å²) in [6.45, 7) is 4.80. The van der Waals surface area contributed by atoms with Gasteiger partial charge in [0.25, 0.3) is 11.8 Å². The van der Waals surface area contributed by atoms with Gasteiger partial charge in [0.2, 0.25) is 0 Å². The minimum Gasteiger partial charge on any atom is -0.490 e. The van der Waals surface area contributed by atoms with Gasteiger partial charge in [0, 0.05) is 0 Å². The first-order chi connectivity index (χ1) is 16.0. The number of anilines is 1. The maximum Gasteiger partial charge on any atom is 0.282 e. The Morgan fingerprint density at radius 2 is 1.73 bits per heavy atom. The minimum absolute atomic E-state index is 0.0606. The third-order valence-electron chi connectivity index (χ3n) is 5.05. The molecule has 1 aliphatic heterocycles. The van der Waals surface area contributed by atoms with Gasteiger partial charge in [-0.25, -0.2) is 5.01 Å². The fourth-order valence-corrected chi connectivity index (χ4v) is 4.18. The van der Waals surface area contributed by atoms with Gasteiger partial charge in [-0.1, -0.05) is 48.0 Å². The molecule has 0 aliphatic carbocycles. The molecule has 0 bridgehead atoms. The summed E-state index contributed by atoms with van der Waals surface area (Å²) >= 11 is 2.18. The molecule has 1 N–H and O–H groups in total. The minimum atomic E-state index is -0.448. The molecule has 1 aliphatic rings. The Balaban J connectivity index is 1.60. The number of amides is 2. The maximum absolute atomic E-state index is 12.9. The Labute approximate surface area is 206 Å². The third kappa shape index (κ3) is 5.19. The van der Waals surface area contributed by atoms with Gasteiger partial charge < -0.3 is 9.47 Å². The number of aryl methyl sites for hydroxylation is 1. The first kappa shape index (κ1) is 22.8. The second-order valence-electron chi connectivity index (χ2n) is 7.51. The summed E-state index contributed by atoms with van der Waals surface area (Å²) in [5, 5.41) is 1.25. The Hall–Kier alpha value is -3.33. The highest BCUT2D eigenvalue weighted by atomic mass is 127. The predicted octanol–water partition coefficient (Wildman–Crippen LogP) is 5.04. The zero-order chi connectivity index (χ0) is 23.4. The second kappa shape index (κ2) is 10.1. The normalized spacial score (nSPS) is 14.5. The number of hydrazine groups is 1. The van der Waals surface area contributed by atoms with E-state index in [9.17, 15) is 9.59 Å². The van der Waals surface area contributed by atoms with Crippen molar-refractivity contribution in [1.82, 2.24) is 5.43 Å². The van der Waals surface area contributed by atoms with Gasteiger partial charge in [-0.3, -0.25) is 15.0 Å². The SMILES string of the molecule is CCOc1cc(/C=C2/C(=O)NN(c3ccccc3)C2=O)cc(I)c1OCc1ccc(C)cc1. The smallest absolute Gasteiger partial charge is 0.282 e. The number of carbonyl (C=O) groups is 2. The van der Waals surface area contributed by atoms with Gasteiger partial charge in [0.05, 0.1) is 15.9 Å². The summed E-state index contributed by atoms with van der Waals surface area (Å²) in [5.74, 6) is 0.345. The molecule has 4 rings (SSSR count). The molecule has 0 aromatic heterocycles. The van der Waals surface area contributed by atoms with Crippen molar-refractivity contribution >= 4 is 46.2 Å². The first-order valence-electron chi connectivity index (χ1n) is 10.5. The number of ether oxygens (including phenoxy) is 2. The van der Waals surface area contributed by atoms with Gasteiger partial charge >= 0.3 is 0 Å². The summed E-state index contributed by atoms with van der Waals surface area (Å²) in [4.78, 5) is 25.4. The quantitative estimate of drug-likeness (QED) is 0.253. The summed E-state index contributed by atoms with van der Waals surface area (Å²) in [7, 11) is 0. The molecule has 2 amide bonds. The molecule has 0 atom stereocenters. The van der Waals surface area contributed by atoms with Crippen molar-refractivity contribution in [3.8, 4) is 11.5 Å². The molecule has 0 saturated carbocycles. The molecule has 168 valence electrons. The van der Waals surface area contributed by atoms with E-state index < -0.39 is 11.8 Å². The summed E-state index contributed by atoms with van der Waals surface area (Å²) in [6.07, 6.45) is 1.58. The van der Waals surface area contributed by atoms with Crippen LogP contribution in [0.3, 0.4) is 0 Å². The number of rotatable bonds is 7. The summed E-state index contributed by atoms with van der Waals surface area (Å²) in [6, 6.07) is 20.8. The van der Waals surface area contributed by atoms with E-state index >= 15 is 0 Å². The number of nitrogens with zero attached hydrogens (tertiary/aromatic N) is 1.